The summed E-state index contributed by atoms with van der Waals surface area (Å²) in [5.74, 6) is 0. The molecule has 0 amide bonds. The number of benzene rings is 1. The van der Waals surface area contributed by atoms with Gasteiger partial charge in [-0.1, -0.05) is 39.0 Å². The summed E-state index contributed by atoms with van der Waals surface area (Å²) in [6.45, 7) is 16.5. The van der Waals surface area contributed by atoms with Crippen LogP contribution in [-0.4, -0.2) is 22.3 Å². The van der Waals surface area contributed by atoms with Gasteiger partial charge in [0, 0.05) is 29.5 Å². The van der Waals surface area contributed by atoms with Gasteiger partial charge in [-0.3, -0.25) is 5.01 Å². The highest BCUT2D eigenvalue weighted by atomic mass is 15.4. The van der Waals surface area contributed by atoms with E-state index in [0.29, 0.717) is 0 Å². The number of aromatic nitrogens is 1. The number of rotatable bonds is 4. The van der Waals surface area contributed by atoms with Gasteiger partial charge in [0.15, 0.2) is 0 Å². The van der Waals surface area contributed by atoms with Gasteiger partial charge in [-0.05, 0) is 57.0 Å². The molecule has 3 heteroatoms. The number of hydrogen-bond acceptors (Lipinski definition) is 2. The maximum Gasteiger partial charge on any atom is 0.0759 e. The zero-order chi connectivity index (χ0) is 18.1. The van der Waals surface area contributed by atoms with Crippen LogP contribution in [0.5, 0.6) is 0 Å². The summed E-state index contributed by atoms with van der Waals surface area (Å²) in [6.07, 6.45) is 1.01. The third-order valence-corrected chi connectivity index (χ3v) is 3.98. The predicted octanol–water partition coefficient (Wildman–Crippen LogP) is 5.64. The minimum absolute atomic E-state index is 0.0451. The van der Waals surface area contributed by atoms with Gasteiger partial charge >= 0.3 is 0 Å². The van der Waals surface area contributed by atoms with E-state index in [0.717, 1.165) is 13.0 Å². The fourth-order valence-corrected chi connectivity index (χ4v) is 3.48. The first-order valence-electron chi connectivity index (χ1n) is 8.82. The van der Waals surface area contributed by atoms with Crippen LogP contribution in [0.2, 0.25) is 0 Å². The molecule has 0 fully saturated rings. The molecule has 0 N–H and O–H groups in total. The second-order valence-electron chi connectivity index (χ2n) is 9.09. The first kappa shape index (κ1) is 18.6. The molecule has 2 aromatic rings. The van der Waals surface area contributed by atoms with Crippen molar-refractivity contribution in [2.75, 3.05) is 7.05 Å². The fraction of sp³-hybridized carbons (Fsp3) is 0.571. The van der Waals surface area contributed by atoms with Gasteiger partial charge in [-0.2, -0.15) is 5.10 Å². The third kappa shape index (κ3) is 4.62. The van der Waals surface area contributed by atoms with Gasteiger partial charge in [0.2, 0.25) is 0 Å². The van der Waals surface area contributed by atoms with Crippen molar-refractivity contribution in [3.63, 3.8) is 0 Å². The quantitative estimate of drug-likeness (QED) is 0.525. The van der Waals surface area contributed by atoms with Gasteiger partial charge < -0.3 is 4.57 Å². The van der Waals surface area contributed by atoms with Gasteiger partial charge in [0.25, 0.3) is 0 Å². The zero-order valence-electron chi connectivity index (χ0n) is 16.6. The highest BCUT2D eigenvalue weighted by Crippen LogP contribution is 2.28. The summed E-state index contributed by atoms with van der Waals surface area (Å²) in [5, 5.41) is 8.15. The Hall–Kier alpha value is -1.77. The average molecular weight is 328 g/mol. The Kier molecular flexibility index (Phi) is 5.12. The molecule has 0 aliphatic heterocycles. The Morgan fingerprint density at radius 1 is 1.08 bits per heavy atom. The lowest BCUT2D eigenvalue weighted by molar-refractivity contribution is 0.312. The Balaban J connectivity index is 2.31. The largest absolute Gasteiger partial charge is 0.337 e. The summed E-state index contributed by atoms with van der Waals surface area (Å²) in [4.78, 5) is 0. The Labute approximate surface area is 147 Å². The zero-order valence-corrected chi connectivity index (χ0v) is 16.6. The molecule has 0 aliphatic rings. The third-order valence-electron chi connectivity index (χ3n) is 3.98. The van der Waals surface area contributed by atoms with Crippen LogP contribution in [0.3, 0.4) is 0 Å². The molecule has 0 saturated carbocycles. The van der Waals surface area contributed by atoms with E-state index in [9.17, 15) is 0 Å². The molecule has 24 heavy (non-hydrogen) atoms. The number of nitrogens with zero attached hydrogens (tertiary/aromatic N) is 3. The summed E-state index contributed by atoms with van der Waals surface area (Å²) < 4.78 is 2.44. The van der Waals surface area contributed by atoms with E-state index in [1.165, 1.54) is 22.3 Å². The smallest absolute Gasteiger partial charge is 0.0759 e. The maximum atomic E-state index is 4.79. The van der Waals surface area contributed by atoms with Crippen LogP contribution in [0.15, 0.2) is 35.4 Å². The van der Waals surface area contributed by atoms with Crippen LogP contribution < -0.4 is 0 Å². The van der Waals surface area contributed by atoms with Gasteiger partial charge in [0.05, 0.1) is 6.54 Å². The molecule has 2 rings (SSSR count). The highest BCUT2D eigenvalue weighted by Gasteiger charge is 2.20. The normalized spacial score (nSPS) is 13.6. The lowest BCUT2D eigenvalue weighted by Crippen LogP contribution is -2.26. The van der Waals surface area contributed by atoms with E-state index in [1.807, 2.05) is 0 Å². The van der Waals surface area contributed by atoms with Gasteiger partial charge in [-0.25, -0.2) is 0 Å². The van der Waals surface area contributed by atoms with E-state index >= 15 is 0 Å². The van der Waals surface area contributed by atoms with Crippen LogP contribution in [0.25, 0.3) is 10.9 Å². The first-order valence-corrected chi connectivity index (χ1v) is 8.82. The first-order chi connectivity index (χ1) is 11.0. The van der Waals surface area contributed by atoms with E-state index in [4.69, 9.17) is 5.10 Å². The molecule has 1 heterocycles. The van der Waals surface area contributed by atoms with E-state index in [1.54, 1.807) is 0 Å². The molecule has 0 spiro atoms. The molecule has 0 unspecified atom stereocenters. The Bertz CT molecular complexity index is 724. The summed E-state index contributed by atoms with van der Waals surface area (Å²) in [6, 6.07) is 10.9. The highest BCUT2D eigenvalue weighted by molar-refractivity contribution is 5.82. The Morgan fingerprint density at radius 3 is 2.29 bits per heavy atom. The molecule has 1 aromatic heterocycles. The van der Waals surface area contributed by atoms with E-state index in [-0.39, 0.29) is 11.0 Å². The van der Waals surface area contributed by atoms with Gasteiger partial charge in [0.1, 0.15) is 0 Å². The molecule has 3 nitrogen and oxygen atoms in total. The monoisotopic (exact) mass is 327 g/mol. The van der Waals surface area contributed by atoms with Crippen molar-refractivity contribution in [2.45, 2.75) is 67.0 Å². The van der Waals surface area contributed by atoms with Crippen LogP contribution in [0.1, 0.15) is 60.6 Å². The lowest BCUT2D eigenvalue weighted by atomic mass is 9.90. The molecule has 0 atom stereocenters. The minimum atomic E-state index is 0.0451. The molecule has 1 aromatic carbocycles. The van der Waals surface area contributed by atoms with Crippen molar-refractivity contribution in [2.24, 2.45) is 10.5 Å². The van der Waals surface area contributed by atoms with Crippen LogP contribution in [-0.2, 0) is 12.1 Å². The van der Waals surface area contributed by atoms with Crippen LogP contribution in [0, 0.1) is 5.41 Å². The van der Waals surface area contributed by atoms with Crippen molar-refractivity contribution >= 4 is 16.6 Å². The fourth-order valence-electron chi connectivity index (χ4n) is 3.48. The van der Waals surface area contributed by atoms with Gasteiger partial charge in [-0.15, -0.1) is 0 Å². The molecule has 0 radical (unpaired) electrons. The number of hydrazone groups is 1. The van der Waals surface area contributed by atoms with Crippen molar-refractivity contribution in [3.05, 3.63) is 36.0 Å². The molecule has 0 bridgehead atoms. The van der Waals surface area contributed by atoms with Crippen LogP contribution >= 0.6 is 0 Å². The van der Waals surface area contributed by atoms with Crippen molar-refractivity contribution in [3.8, 4) is 0 Å². The van der Waals surface area contributed by atoms with E-state index in [2.05, 4.69) is 95.4 Å². The summed E-state index contributed by atoms with van der Waals surface area (Å²) in [7, 11) is 2.07. The van der Waals surface area contributed by atoms with Crippen molar-refractivity contribution in [1.29, 1.82) is 0 Å². The second kappa shape index (κ2) is 6.62. The molecular formula is C21H33N3. The maximum absolute atomic E-state index is 4.79. The topological polar surface area (TPSA) is 20.5 Å². The Morgan fingerprint density at radius 2 is 1.71 bits per heavy atom. The number of para-hydroxylation sites is 1. The summed E-state index contributed by atoms with van der Waals surface area (Å²) >= 11 is 0. The minimum Gasteiger partial charge on any atom is -0.337 e. The molecule has 0 saturated heterocycles. The molecule has 0 aliphatic carbocycles. The summed E-state index contributed by atoms with van der Waals surface area (Å²) in [5.41, 5.74) is 4.10. The molecule has 132 valence electrons. The number of hydrogen-bond donors (Lipinski definition) is 0. The van der Waals surface area contributed by atoms with Crippen molar-refractivity contribution in [1.82, 2.24) is 9.58 Å². The predicted molar refractivity (Wildman–Crippen MR) is 106 cm³/mol. The average Bonchev–Trinajstić information content (AvgIpc) is 2.72. The second-order valence-corrected chi connectivity index (χ2v) is 9.09. The van der Waals surface area contributed by atoms with Crippen LogP contribution in [0.4, 0.5) is 0 Å². The lowest BCUT2D eigenvalue weighted by Gasteiger charge is -2.27. The van der Waals surface area contributed by atoms with Crippen molar-refractivity contribution < 1.29 is 0 Å². The standard InChI is InChI=1S/C21H33N3/c1-16(14-20(2,3)4)22-23(8)15-18-13-17-11-9-10-12-19(17)24(18)21(5,6)7/h9-13H,14-15H2,1-8H3/b22-16-. The van der Waals surface area contributed by atoms with E-state index < -0.39 is 0 Å². The molecular weight excluding hydrogens is 294 g/mol. The SMILES string of the molecule is C/C(CC(C)(C)C)=N/N(C)Cc1cc2ccccc2n1C(C)(C)C. The number of fused-ring (bicyclic) bond motifs is 1.